The molecule has 2 amide bonds. The Kier molecular flexibility index (Phi) is 4.39. The lowest BCUT2D eigenvalue weighted by molar-refractivity contribution is -0.121. The number of carbonyl (C=O) groups is 2. The molecule has 0 spiro atoms. The number of methoxy groups -OCH3 is 1. The van der Waals surface area contributed by atoms with Crippen molar-refractivity contribution in [3.05, 3.63) is 0 Å². The molecule has 0 radical (unpaired) electrons. The molecule has 1 saturated carbocycles. The first-order valence-corrected chi connectivity index (χ1v) is 5.29. The molecular weight excluding hydrogens is 196 g/mol. The molecule has 0 aliphatic heterocycles. The predicted molar refractivity (Wildman–Crippen MR) is 55.1 cm³/mol. The lowest BCUT2D eigenvalue weighted by atomic mass is 9.83. The predicted octanol–water partition coefficient (Wildman–Crippen LogP) is 0.777. The molecule has 1 atom stereocenters. The summed E-state index contributed by atoms with van der Waals surface area (Å²) in [5.74, 6) is -0.317. The monoisotopic (exact) mass is 214 g/mol. The number of hydrogen-bond acceptors (Lipinski definition) is 3. The molecule has 5 heteroatoms. The number of ether oxygens (including phenoxy) is 1. The van der Waals surface area contributed by atoms with Crippen LogP contribution in [0.1, 0.15) is 32.1 Å². The van der Waals surface area contributed by atoms with Gasteiger partial charge >= 0.3 is 6.09 Å². The molecule has 15 heavy (non-hydrogen) atoms. The fraction of sp³-hybridized carbons (Fsp3) is 0.800. The van der Waals surface area contributed by atoms with Gasteiger partial charge in [0.25, 0.3) is 0 Å². The van der Waals surface area contributed by atoms with Crippen molar-refractivity contribution in [2.45, 2.75) is 38.1 Å². The quantitative estimate of drug-likeness (QED) is 0.728. The molecule has 1 aliphatic rings. The summed E-state index contributed by atoms with van der Waals surface area (Å²) >= 11 is 0. The van der Waals surface area contributed by atoms with Gasteiger partial charge in [0, 0.05) is 0 Å². The minimum atomic E-state index is -0.593. The second kappa shape index (κ2) is 5.58. The summed E-state index contributed by atoms with van der Waals surface area (Å²) in [7, 11) is 1.27. The number of hydrogen-bond donors (Lipinski definition) is 2. The summed E-state index contributed by atoms with van der Waals surface area (Å²) < 4.78 is 4.46. The lowest BCUT2D eigenvalue weighted by Gasteiger charge is -2.28. The Morgan fingerprint density at radius 3 is 2.40 bits per heavy atom. The van der Waals surface area contributed by atoms with Crippen LogP contribution in [0.2, 0.25) is 0 Å². The summed E-state index contributed by atoms with van der Waals surface area (Å²) in [6.45, 7) is 0. The number of primary amides is 1. The maximum atomic E-state index is 11.2. The normalized spacial score (nSPS) is 19.3. The van der Waals surface area contributed by atoms with Gasteiger partial charge in [-0.05, 0) is 18.8 Å². The highest BCUT2D eigenvalue weighted by Gasteiger charge is 2.29. The first-order chi connectivity index (χ1) is 7.15. The molecule has 0 heterocycles. The van der Waals surface area contributed by atoms with Crippen LogP contribution in [0.3, 0.4) is 0 Å². The summed E-state index contributed by atoms with van der Waals surface area (Å²) in [4.78, 5) is 22.2. The van der Waals surface area contributed by atoms with Crippen LogP contribution in [0.15, 0.2) is 0 Å². The van der Waals surface area contributed by atoms with E-state index in [1.165, 1.54) is 13.5 Å². The van der Waals surface area contributed by atoms with E-state index in [9.17, 15) is 9.59 Å². The second-order valence-corrected chi connectivity index (χ2v) is 3.91. The molecule has 0 bridgehead atoms. The highest BCUT2D eigenvalue weighted by atomic mass is 16.5. The summed E-state index contributed by atoms with van der Waals surface area (Å²) in [5, 5.41) is 2.50. The maximum absolute atomic E-state index is 11.2. The van der Waals surface area contributed by atoms with Crippen molar-refractivity contribution >= 4 is 12.0 Å². The van der Waals surface area contributed by atoms with Crippen molar-refractivity contribution in [2.24, 2.45) is 11.7 Å². The lowest BCUT2D eigenvalue weighted by Crippen LogP contribution is -2.49. The minimum absolute atomic E-state index is 0.162. The fourth-order valence-electron chi connectivity index (χ4n) is 2.07. The van der Waals surface area contributed by atoms with Crippen molar-refractivity contribution in [3.8, 4) is 0 Å². The standard InChI is InChI=1S/C10H18N2O3/c1-15-10(14)12-8(9(11)13)7-5-3-2-4-6-7/h7-8H,2-6H2,1H3,(H2,11,13)(H,12,14)/t8-/m0/s1. The van der Waals surface area contributed by atoms with E-state index in [2.05, 4.69) is 10.1 Å². The topological polar surface area (TPSA) is 81.4 Å². The zero-order valence-electron chi connectivity index (χ0n) is 8.99. The van der Waals surface area contributed by atoms with E-state index in [-0.39, 0.29) is 5.92 Å². The van der Waals surface area contributed by atoms with Gasteiger partial charge in [-0.2, -0.15) is 0 Å². The molecule has 0 saturated heterocycles. The average Bonchev–Trinajstić information content (AvgIpc) is 2.26. The van der Waals surface area contributed by atoms with Gasteiger partial charge in [0.05, 0.1) is 7.11 Å². The zero-order chi connectivity index (χ0) is 11.3. The Bertz CT molecular complexity index is 237. The van der Waals surface area contributed by atoms with Crippen molar-refractivity contribution < 1.29 is 14.3 Å². The summed E-state index contributed by atoms with van der Waals surface area (Å²) in [6, 6.07) is -0.585. The molecule has 0 unspecified atom stereocenters. The average molecular weight is 214 g/mol. The van der Waals surface area contributed by atoms with Crippen molar-refractivity contribution in [3.63, 3.8) is 0 Å². The van der Waals surface area contributed by atoms with Crippen LogP contribution in [0.4, 0.5) is 4.79 Å². The van der Waals surface area contributed by atoms with E-state index >= 15 is 0 Å². The van der Waals surface area contributed by atoms with E-state index in [1.807, 2.05) is 0 Å². The van der Waals surface area contributed by atoms with Gasteiger partial charge in [0.15, 0.2) is 0 Å². The highest BCUT2D eigenvalue weighted by molar-refractivity contribution is 5.84. The van der Waals surface area contributed by atoms with E-state index in [1.54, 1.807) is 0 Å². The van der Waals surface area contributed by atoms with Gasteiger partial charge < -0.3 is 15.8 Å². The molecule has 3 N–H and O–H groups in total. The molecule has 1 fully saturated rings. The molecule has 86 valence electrons. The van der Waals surface area contributed by atoms with Crippen LogP contribution in [0.5, 0.6) is 0 Å². The van der Waals surface area contributed by atoms with Crippen LogP contribution >= 0.6 is 0 Å². The first-order valence-electron chi connectivity index (χ1n) is 5.29. The Balaban J connectivity index is 2.55. The van der Waals surface area contributed by atoms with Gasteiger partial charge in [-0.15, -0.1) is 0 Å². The van der Waals surface area contributed by atoms with E-state index in [0.717, 1.165) is 25.7 Å². The molecule has 5 nitrogen and oxygen atoms in total. The molecule has 0 aromatic heterocycles. The smallest absolute Gasteiger partial charge is 0.407 e. The second-order valence-electron chi connectivity index (χ2n) is 3.91. The van der Waals surface area contributed by atoms with Crippen molar-refractivity contribution in [1.29, 1.82) is 0 Å². The Morgan fingerprint density at radius 2 is 1.93 bits per heavy atom. The number of nitrogens with one attached hydrogen (secondary N) is 1. The fourth-order valence-corrected chi connectivity index (χ4v) is 2.07. The zero-order valence-corrected chi connectivity index (χ0v) is 8.99. The summed E-state index contributed by atoms with van der Waals surface area (Å²) in [6.07, 6.45) is 4.67. The number of rotatable bonds is 3. The minimum Gasteiger partial charge on any atom is -0.453 e. The number of amides is 2. The highest BCUT2D eigenvalue weighted by Crippen LogP contribution is 2.26. The van der Waals surface area contributed by atoms with Crippen molar-refractivity contribution in [1.82, 2.24) is 5.32 Å². The Labute approximate surface area is 89.3 Å². The van der Waals surface area contributed by atoms with Gasteiger partial charge in [0.2, 0.25) is 5.91 Å². The van der Waals surface area contributed by atoms with Gasteiger partial charge in [-0.1, -0.05) is 19.3 Å². The van der Waals surface area contributed by atoms with Gasteiger partial charge in [-0.25, -0.2) is 4.79 Å². The molecular formula is C10H18N2O3. The van der Waals surface area contributed by atoms with E-state index < -0.39 is 18.0 Å². The van der Waals surface area contributed by atoms with Crippen LogP contribution < -0.4 is 11.1 Å². The number of alkyl carbamates (subject to hydrolysis) is 1. The largest absolute Gasteiger partial charge is 0.453 e. The molecule has 0 aromatic carbocycles. The molecule has 1 rings (SSSR count). The maximum Gasteiger partial charge on any atom is 0.407 e. The van der Waals surface area contributed by atoms with E-state index in [4.69, 9.17) is 5.73 Å². The molecule has 1 aliphatic carbocycles. The van der Waals surface area contributed by atoms with E-state index in [0.29, 0.717) is 0 Å². The number of nitrogens with two attached hydrogens (primary N) is 1. The van der Waals surface area contributed by atoms with Crippen LogP contribution in [0, 0.1) is 5.92 Å². The number of carbonyl (C=O) groups excluding carboxylic acids is 2. The van der Waals surface area contributed by atoms with Crippen LogP contribution in [0.25, 0.3) is 0 Å². The Hall–Kier alpha value is -1.26. The summed E-state index contributed by atoms with van der Waals surface area (Å²) in [5.41, 5.74) is 5.26. The SMILES string of the molecule is COC(=O)N[C@H](C(N)=O)C1CCCCC1. The Morgan fingerprint density at radius 1 is 1.33 bits per heavy atom. The van der Waals surface area contributed by atoms with Gasteiger partial charge in [-0.3, -0.25) is 4.79 Å². The van der Waals surface area contributed by atoms with Crippen LogP contribution in [-0.2, 0) is 9.53 Å². The third-order valence-corrected chi connectivity index (χ3v) is 2.89. The van der Waals surface area contributed by atoms with Gasteiger partial charge in [0.1, 0.15) is 6.04 Å². The third-order valence-electron chi connectivity index (χ3n) is 2.89. The third kappa shape index (κ3) is 3.42. The molecule has 0 aromatic rings. The first kappa shape index (κ1) is 11.8. The van der Waals surface area contributed by atoms with Crippen molar-refractivity contribution in [2.75, 3.05) is 7.11 Å². The van der Waals surface area contributed by atoms with Crippen LogP contribution in [-0.4, -0.2) is 25.2 Å².